The third-order valence-electron chi connectivity index (χ3n) is 7.45. The highest BCUT2D eigenvalue weighted by atomic mass is 16.8. The van der Waals surface area contributed by atoms with E-state index < -0.39 is 45.8 Å². The highest BCUT2D eigenvalue weighted by molar-refractivity contribution is 5.33. The maximum absolute atomic E-state index is 11.6. The Kier molecular flexibility index (Phi) is 2.45. The molecule has 7 heteroatoms. The predicted octanol–water partition coefficient (Wildman–Crippen LogP) is -1.15. The second kappa shape index (κ2) is 3.54. The van der Waals surface area contributed by atoms with Crippen molar-refractivity contribution in [1.29, 1.82) is 0 Å². The molecule has 22 heavy (non-hydrogen) atoms. The van der Waals surface area contributed by atoms with E-state index in [2.05, 4.69) is 0 Å². The Hall–Kier alpha value is -0.280. The lowest BCUT2D eigenvalue weighted by atomic mass is 9.43. The molecule has 3 aliphatic heterocycles. The van der Waals surface area contributed by atoms with Gasteiger partial charge >= 0.3 is 0 Å². The molecule has 4 bridgehead atoms. The summed E-state index contributed by atoms with van der Waals surface area (Å²) in [5, 5.41) is 55.2. The number of fused-ring (bicyclic) bond motifs is 1. The molecule has 126 valence electrons. The number of hydrogen-bond donors (Lipinski definition) is 5. The number of aliphatic hydroxyl groups is 5. The third-order valence-corrected chi connectivity index (χ3v) is 7.45. The van der Waals surface area contributed by atoms with Gasteiger partial charge in [-0.05, 0) is 26.7 Å². The van der Waals surface area contributed by atoms with E-state index >= 15 is 0 Å². The Labute approximate surface area is 128 Å². The number of rotatable bonds is 0. The summed E-state index contributed by atoms with van der Waals surface area (Å²) in [4.78, 5) is 0. The molecule has 2 saturated carbocycles. The van der Waals surface area contributed by atoms with Gasteiger partial charge in [0.05, 0.1) is 34.7 Å². The zero-order chi connectivity index (χ0) is 16.4. The first-order valence-electron chi connectivity index (χ1n) is 7.76. The molecule has 3 heterocycles. The third kappa shape index (κ3) is 1.17. The lowest BCUT2D eigenvalue weighted by Gasteiger charge is -2.68. The zero-order valence-electron chi connectivity index (χ0n) is 13.0. The van der Waals surface area contributed by atoms with Crippen LogP contribution in [0.5, 0.6) is 0 Å². The molecule has 0 aromatic rings. The molecule has 1 spiro atoms. The molecule has 8 atom stereocenters. The van der Waals surface area contributed by atoms with Crippen molar-refractivity contribution in [3.8, 4) is 0 Å². The summed E-state index contributed by atoms with van der Waals surface area (Å²) >= 11 is 0. The lowest BCUT2D eigenvalue weighted by Crippen LogP contribution is -2.83. The molecule has 5 rings (SSSR count). The molecular formula is C15H24O7. The van der Waals surface area contributed by atoms with Gasteiger partial charge in [-0.25, -0.2) is 0 Å². The van der Waals surface area contributed by atoms with Crippen LogP contribution < -0.4 is 0 Å². The van der Waals surface area contributed by atoms with E-state index in [-0.39, 0.29) is 25.9 Å². The minimum Gasteiger partial charge on any atom is -0.389 e. The Morgan fingerprint density at radius 3 is 2.27 bits per heavy atom. The smallest absolute Gasteiger partial charge is 0.281 e. The van der Waals surface area contributed by atoms with Crippen LogP contribution in [0, 0.1) is 10.8 Å². The number of hydrogen-bond acceptors (Lipinski definition) is 7. The van der Waals surface area contributed by atoms with Crippen LogP contribution in [0.3, 0.4) is 0 Å². The van der Waals surface area contributed by atoms with Gasteiger partial charge in [-0.1, -0.05) is 6.92 Å². The summed E-state index contributed by atoms with van der Waals surface area (Å²) in [6.45, 7) is 4.58. The van der Waals surface area contributed by atoms with Crippen molar-refractivity contribution < 1.29 is 35.0 Å². The second-order valence-electron chi connectivity index (χ2n) is 8.25. The summed E-state index contributed by atoms with van der Waals surface area (Å²) in [7, 11) is 0. The standard InChI is InChI=1S/C15H24O7/c1-10-7-21-15(20)6-13(8(16)9(22-15)12(10,3)18)11(2,17)4-5-14(10,13)19/h8-9,16-20H,4-7H2,1-3H3/t8-,9-,10-,11+,12+,13+,14+,15-/m1/s1. The number of aliphatic hydroxyl groups excluding tert-OH is 1. The monoisotopic (exact) mass is 316 g/mol. The van der Waals surface area contributed by atoms with E-state index in [0.717, 1.165) is 0 Å². The Morgan fingerprint density at radius 1 is 1.00 bits per heavy atom. The van der Waals surface area contributed by atoms with Gasteiger partial charge in [-0.3, -0.25) is 0 Å². The maximum Gasteiger partial charge on any atom is 0.281 e. The van der Waals surface area contributed by atoms with Gasteiger partial charge in [0.2, 0.25) is 0 Å². The minimum absolute atomic E-state index is 0.131. The molecule has 2 aliphatic carbocycles. The van der Waals surface area contributed by atoms with Gasteiger partial charge in [-0.15, -0.1) is 0 Å². The zero-order valence-corrected chi connectivity index (χ0v) is 13.0. The first-order valence-corrected chi connectivity index (χ1v) is 7.76. The minimum atomic E-state index is -2.04. The van der Waals surface area contributed by atoms with Crippen molar-refractivity contribution in [3.63, 3.8) is 0 Å². The van der Waals surface area contributed by atoms with Crippen LogP contribution >= 0.6 is 0 Å². The summed E-state index contributed by atoms with van der Waals surface area (Å²) in [5.41, 5.74) is -7.26. The fourth-order valence-electron chi connectivity index (χ4n) is 5.77. The van der Waals surface area contributed by atoms with E-state index in [9.17, 15) is 25.5 Å². The van der Waals surface area contributed by atoms with Crippen LogP contribution in [0.1, 0.15) is 40.0 Å². The fourth-order valence-corrected chi connectivity index (χ4v) is 5.77. The first kappa shape index (κ1) is 15.3. The van der Waals surface area contributed by atoms with Crippen LogP contribution in [-0.4, -0.2) is 67.1 Å². The van der Waals surface area contributed by atoms with Gasteiger partial charge in [-0.2, -0.15) is 0 Å². The summed E-state index contributed by atoms with van der Waals surface area (Å²) in [6, 6.07) is 0. The van der Waals surface area contributed by atoms with Crippen LogP contribution in [0.15, 0.2) is 0 Å². The van der Waals surface area contributed by atoms with E-state index in [1.54, 1.807) is 13.8 Å². The Bertz CT molecular complexity index is 548. The van der Waals surface area contributed by atoms with Crippen molar-refractivity contribution >= 4 is 0 Å². The molecule has 5 aliphatic rings. The van der Waals surface area contributed by atoms with Crippen LogP contribution in [0.2, 0.25) is 0 Å². The Morgan fingerprint density at radius 2 is 1.64 bits per heavy atom. The molecule has 3 saturated heterocycles. The molecule has 0 radical (unpaired) electrons. The summed E-state index contributed by atoms with van der Waals surface area (Å²) in [6.07, 6.45) is -2.26. The molecule has 0 aromatic heterocycles. The van der Waals surface area contributed by atoms with E-state index in [4.69, 9.17) is 9.47 Å². The topological polar surface area (TPSA) is 120 Å². The van der Waals surface area contributed by atoms with Gasteiger partial charge in [0.15, 0.2) is 0 Å². The van der Waals surface area contributed by atoms with Crippen LogP contribution in [0.4, 0.5) is 0 Å². The summed E-state index contributed by atoms with van der Waals surface area (Å²) < 4.78 is 11.0. The Balaban J connectivity index is 2.08. The predicted molar refractivity (Wildman–Crippen MR) is 72.4 cm³/mol. The fraction of sp³-hybridized carbons (Fsp3) is 1.00. The highest BCUT2D eigenvalue weighted by Crippen LogP contribution is 2.74. The van der Waals surface area contributed by atoms with E-state index in [1.807, 2.05) is 0 Å². The average Bonchev–Trinajstić information content (AvgIpc) is 2.53. The van der Waals surface area contributed by atoms with E-state index in [0.29, 0.717) is 0 Å². The van der Waals surface area contributed by atoms with Crippen molar-refractivity contribution in [2.45, 2.75) is 75.0 Å². The molecule has 5 fully saturated rings. The van der Waals surface area contributed by atoms with Crippen LogP contribution in [0.25, 0.3) is 0 Å². The quantitative estimate of drug-likeness (QED) is 0.382. The summed E-state index contributed by atoms with van der Waals surface area (Å²) in [5.74, 6) is -2.04. The molecule has 0 aromatic carbocycles. The van der Waals surface area contributed by atoms with Crippen molar-refractivity contribution in [1.82, 2.24) is 0 Å². The van der Waals surface area contributed by atoms with Gasteiger partial charge in [0.1, 0.15) is 11.7 Å². The van der Waals surface area contributed by atoms with Crippen molar-refractivity contribution in [2.75, 3.05) is 6.61 Å². The molecule has 7 nitrogen and oxygen atoms in total. The largest absolute Gasteiger partial charge is 0.389 e. The SMILES string of the molecule is C[C@@]12CO[C@]3(O)C[C@@]4([C@H](O)[C@@H](O3)[C@]1(C)O)[C@]2(O)CC[C@]4(C)O. The molecule has 0 amide bonds. The molecule has 5 N–H and O–H groups in total. The second-order valence-corrected chi connectivity index (χ2v) is 8.25. The highest BCUT2D eigenvalue weighted by Gasteiger charge is 2.87. The molecule has 0 unspecified atom stereocenters. The van der Waals surface area contributed by atoms with Crippen molar-refractivity contribution in [3.05, 3.63) is 0 Å². The number of ether oxygens (including phenoxy) is 2. The van der Waals surface area contributed by atoms with Gasteiger partial charge < -0.3 is 35.0 Å². The van der Waals surface area contributed by atoms with Crippen LogP contribution in [-0.2, 0) is 9.47 Å². The van der Waals surface area contributed by atoms with Gasteiger partial charge in [0.25, 0.3) is 5.97 Å². The molecular weight excluding hydrogens is 292 g/mol. The first-order chi connectivity index (χ1) is 9.87. The van der Waals surface area contributed by atoms with Crippen molar-refractivity contribution in [2.24, 2.45) is 10.8 Å². The van der Waals surface area contributed by atoms with Gasteiger partial charge in [0, 0.05) is 6.42 Å². The normalized spacial score (nSPS) is 69.8. The maximum atomic E-state index is 11.6. The average molecular weight is 316 g/mol. The van der Waals surface area contributed by atoms with E-state index in [1.165, 1.54) is 6.92 Å². The lowest BCUT2D eigenvalue weighted by molar-refractivity contribution is -0.450.